The van der Waals surface area contributed by atoms with E-state index in [1.165, 1.54) is 17.3 Å². The van der Waals surface area contributed by atoms with Crippen LogP contribution in [0.15, 0.2) is 113 Å². The van der Waals surface area contributed by atoms with E-state index in [0.717, 1.165) is 45.8 Å². The normalized spacial score (nSPS) is 18.3. The molecule has 4 aromatic carbocycles. The van der Waals surface area contributed by atoms with Crippen molar-refractivity contribution < 1.29 is 4.79 Å². The summed E-state index contributed by atoms with van der Waals surface area (Å²) in [6.07, 6.45) is 0.982. The van der Waals surface area contributed by atoms with Gasteiger partial charge in [0, 0.05) is 23.6 Å². The van der Waals surface area contributed by atoms with Crippen LogP contribution in [-0.4, -0.2) is 16.5 Å². The SMILES string of the molecule is CCc1ccc(C2=NN(c3ccccc3)[C@]3(SC(C(C)=O)=NN3c3ccccc3C)c3ccccc32)cc1. The van der Waals surface area contributed by atoms with E-state index in [2.05, 4.69) is 80.6 Å². The summed E-state index contributed by atoms with van der Waals surface area (Å²) in [7, 11) is 0. The highest BCUT2D eigenvalue weighted by Gasteiger charge is 2.56. The highest BCUT2D eigenvalue weighted by atomic mass is 32.2. The smallest absolute Gasteiger partial charge is 0.234 e. The van der Waals surface area contributed by atoms with Crippen LogP contribution in [0, 0.1) is 6.92 Å². The summed E-state index contributed by atoms with van der Waals surface area (Å²) in [5.41, 5.74) is 8.18. The number of fused-ring (bicyclic) bond motifs is 2. The number of hydrazone groups is 2. The summed E-state index contributed by atoms with van der Waals surface area (Å²) in [5.74, 6) is -0.0686. The number of carbonyl (C=O) groups is 1. The molecule has 0 amide bonds. The van der Waals surface area contributed by atoms with Crippen molar-refractivity contribution in [2.75, 3.05) is 10.0 Å². The molecule has 0 N–H and O–H groups in total. The van der Waals surface area contributed by atoms with Gasteiger partial charge in [-0.05, 0) is 54.4 Å². The van der Waals surface area contributed by atoms with E-state index >= 15 is 0 Å². The lowest BCUT2D eigenvalue weighted by atomic mass is 9.92. The predicted octanol–water partition coefficient (Wildman–Crippen LogP) is 7.10. The summed E-state index contributed by atoms with van der Waals surface area (Å²) >= 11 is 1.45. The number of anilines is 2. The Balaban J connectivity index is 1.66. The van der Waals surface area contributed by atoms with Gasteiger partial charge in [-0.3, -0.25) is 4.79 Å². The maximum absolute atomic E-state index is 12.8. The first-order valence-electron chi connectivity index (χ1n) is 12.8. The minimum absolute atomic E-state index is 0.0686. The lowest BCUT2D eigenvalue weighted by molar-refractivity contribution is -0.110. The molecule has 0 bridgehead atoms. The standard InChI is InChI=1S/C32H28N4OS/c1-4-24-18-20-25(21-19-24)30-27-15-9-10-16-28(27)32(35(33-30)26-13-6-5-7-14-26)36(34-31(38-32)23(3)37)29-17-11-8-12-22(29)2/h5-21H,4H2,1-3H3/t32-/m1/s1. The third-order valence-electron chi connectivity index (χ3n) is 7.02. The summed E-state index contributed by atoms with van der Waals surface area (Å²) in [5, 5.41) is 14.8. The van der Waals surface area contributed by atoms with Crippen LogP contribution in [0.1, 0.15) is 41.7 Å². The Kier molecular flexibility index (Phi) is 6.12. The molecule has 0 saturated heterocycles. The average molecular weight is 517 g/mol. The lowest BCUT2D eigenvalue weighted by Crippen LogP contribution is -2.54. The summed E-state index contributed by atoms with van der Waals surface area (Å²) in [6, 6.07) is 35.3. The highest BCUT2D eigenvalue weighted by Crippen LogP contribution is 2.55. The molecule has 0 saturated carbocycles. The Morgan fingerprint density at radius 1 is 0.816 bits per heavy atom. The van der Waals surface area contributed by atoms with Crippen LogP contribution in [0.25, 0.3) is 0 Å². The zero-order valence-corrected chi connectivity index (χ0v) is 22.4. The van der Waals surface area contributed by atoms with Gasteiger partial charge in [0.05, 0.1) is 17.1 Å². The van der Waals surface area contributed by atoms with Crippen molar-refractivity contribution in [3.8, 4) is 0 Å². The number of para-hydroxylation sites is 2. The maximum atomic E-state index is 12.8. The first-order valence-corrected chi connectivity index (χ1v) is 13.6. The topological polar surface area (TPSA) is 48.3 Å². The van der Waals surface area contributed by atoms with Crippen LogP contribution in [-0.2, 0) is 16.2 Å². The number of hydrogen-bond donors (Lipinski definition) is 0. The molecule has 2 aliphatic rings. The third kappa shape index (κ3) is 3.84. The van der Waals surface area contributed by atoms with Gasteiger partial charge in [-0.1, -0.05) is 91.9 Å². The summed E-state index contributed by atoms with van der Waals surface area (Å²) in [4.78, 5) is 11.9. The van der Waals surface area contributed by atoms with Crippen LogP contribution in [0.5, 0.6) is 0 Å². The van der Waals surface area contributed by atoms with Crippen LogP contribution < -0.4 is 10.0 Å². The van der Waals surface area contributed by atoms with E-state index in [1.807, 2.05) is 46.4 Å². The van der Waals surface area contributed by atoms with Gasteiger partial charge in [0.2, 0.25) is 4.99 Å². The lowest BCUT2D eigenvalue weighted by Gasteiger charge is -2.47. The number of hydrogen-bond acceptors (Lipinski definition) is 6. The fourth-order valence-electron chi connectivity index (χ4n) is 5.04. The number of benzene rings is 4. The maximum Gasteiger partial charge on any atom is 0.234 e. The zero-order valence-electron chi connectivity index (χ0n) is 21.6. The van der Waals surface area contributed by atoms with Crippen molar-refractivity contribution in [1.82, 2.24) is 0 Å². The fourth-order valence-corrected chi connectivity index (χ4v) is 6.32. The van der Waals surface area contributed by atoms with Gasteiger partial charge in [-0.2, -0.15) is 10.2 Å². The number of Topliss-reactive ketones (excluding diaryl/α,β-unsaturated/α-hetero) is 1. The Hall–Kier alpha value is -4.16. The largest absolute Gasteiger partial charge is 0.292 e. The molecule has 0 fully saturated rings. The molecule has 0 aromatic heterocycles. The van der Waals surface area contributed by atoms with Gasteiger partial charge in [-0.25, -0.2) is 10.0 Å². The molecule has 0 aliphatic carbocycles. The Bertz CT molecular complexity index is 1580. The molecule has 5 nitrogen and oxygen atoms in total. The average Bonchev–Trinajstić information content (AvgIpc) is 3.35. The molecule has 4 aromatic rings. The number of ketones is 1. The van der Waals surface area contributed by atoms with E-state index in [1.54, 1.807) is 6.92 Å². The van der Waals surface area contributed by atoms with Gasteiger partial charge in [-0.15, -0.1) is 0 Å². The van der Waals surface area contributed by atoms with E-state index in [-0.39, 0.29) is 5.78 Å². The van der Waals surface area contributed by atoms with E-state index in [0.29, 0.717) is 5.04 Å². The van der Waals surface area contributed by atoms with Crippen molar-refractivity contribution in [2.45, 2.75) is 32.2 Å². The molecular weight excluding hydrogens is 488 g/mol. The van der Waals surface area contributed by atoms with Gasteiger partial charge in [0.25, 0.3) is 0 Å². The quantitative estimate of drug-likeness (QED) is 0.284. The second kappa shape index (κ2) is 9.62. The van der Waals surface area contributed by atoms with Crippen LogP contribution >= 0.6 is 11.8 Å². The molecule has 0 radical (unpaired) electrons. The van der Waals surface area contributed by atoms with E-state index < -0.39 is 4.99 Å². The third-order valence-corrected chi connectivity index (χ3v) is 8.43. The number of thioether (sulfide) groups is 1. The minimum Gasteiger partial charge on any atom is -0.292 e. The molecular formula is C32H28N4OS. The Labute approximate surface area is 227 Å². The first-order chi connectivity index (χ1) is 18.5. The predicted molar refractivity (Wildman–Crippen MR) is 158 cm³/mol. The van der Waals surface area contributed by atoms with E-state index in [9.17, 15) is 4.79 Å². The number of rotatable bonds is 5. The monoisotopic (exact) mass is 516 g/mol. The fraction of sp³-hybridized carbons (Fsp3) is 0.156. The molecule has 6 rings (SSSR count). The second-order valence-corrected chi connectivity index (χ2v) is 10.6. The molecule has 6 heteroatoms. The second-order valence-electron chi connectivity index (χ2n) is 9.46. The molecule has 1 spiro atoms. The molecule has 38 heavy (non-hydrogen) atoms. The van der Waals surface area contributed by atoms with Crippen molar-refractivity contribution in [1.29, 1.82) is 0 Å². The zero-order chi connectivity index (χ0) is 26.3. The van der Waals surface area contributed by atoms with Gasteiger partial charge < -0.3 is 0 Å². The number of carbonyl (C=O) groups excluding carboxylic acids is 1. The molecule has 2 heterocycles. The molecule has 188 valence electrons. The first kappa shape index (κ1) is 24.2. The summed E-state index contributed by atoms with van der Waals surface area (Å²) in [6.45, 7) is 5.81. The van der Waals surface area contributed by atoms with Crippen LogP contribution in [0.2, 0.25) is 0 Å². The van der Waals surface area contributed by atoms with E-state index in [4.69, 9.17) is 10.2 Å². The highest BCUT2D eigenvalue weighted by molar-refractivity contribution is 8.17. The van der Waals surface area contributed by atoms with Crippen molar-refractivity contribution >= 4 is 39.7 Å². The van der Waals surface area contributed by atoms with Gasteiger partial charge in [0.1, 0.15) is 0 Å². The van der Waals surface area contributed by atoms with Crippen molar-refractivity contribution in [3.05, 3.63) is 131 Å². The minimum atomic E-state index is -0.933. The van der Waals surface area contributed by atoms with Crippen LogP contribution in [0.4, 0.5) is 11.4 Å². The number of nitrogens with zero attached hydrogens (tertiary/aromatic N) is 4. The Morgan fingerprint density at radius 3 is 2.21 bits per heavy atom. The van der Waals surface area contributed by atoms with Gasteiger partial charge in [0.15, 0.2) is 10.8 Å². The molecule has 0 unspecified atom stereocenters. The molecule has 1 atom stereocenters. The Morgan fingerprint density at radius 2 is 1.50 bits per heavy atom. The van der Waals surface area contributed by atoms with Gasteiger partial charge >= 0.3 is 0 Å². The summed E-state index contributed by atoms with van der Waals surface area (Å²) < 4.78 is 0. The molecule has 2 aliphatic heterocycles. The number of aryl methyl sites for hydroxylation is 2. The van der Waals surface area contributed by atoms with Crippen LogP contribution in [0.3, 0.4) is 0 Å². The van der Waals surface area contributed by atoms with Crippen molar-refractivity contribution in [2.24, 2.45) is 10.2 Å². The van der Waals surface area contributed by atoms with Crippen molar-refractivity contribution in [3.63, 3.8) is 0 Å².